The standard InChI is InChI=1S/C16H16BrClIN/c1-2-20-16(9-11-3-6-13(18)7-4-11)14-10-12(17)5-8-15(14)19/h3-8,10,16,20H,2,9H2,1H3. The first-order chi connectivity index (χ1) is 9.60. The molecule has 1 unspecified atom stereocenters. The molecule has 1 nitrogen and oxygen atoms in total. The maximum absolute atomic E-state index is 5.95. The molecule has 0 fully saturated rings. The molecule has 106 valence electrons. The highest BCUT2D eigenvalue weighted by atomic mass is 127. The predicted molar refractivity (Wildman–Crippen MR) is 98.4 cm³/mol. The molecule has 0 spiro atoms. The molecule has 1 atom stereocenters. The van der Waals surface area contributed by atoms with Crippen molar-refractivity contribution in [3.63, 3.8) is 0 Å². The largest absolute Gasteiger partial charge is 0.310 e. The molecule has 2 rings (SSSR count). The van der Waals surface area contributed by atoms with Crippen molar-refractivity contribution < 1.29 is 0 Å². The van der Waals surface area contributed by atoms with Gasteiger partial charge < -0.3 is 5.32 Å². The van der Waals surface area contributed by atoms with E-state index in [0.29, 0.717) is 6.04 Å². The summed E-state index contributed by atoms with van der Waals surface area (Å²) in [6.45, 7) is 3.08. The van der Waals surface area contributed by atoms with Crippen LogP contribution < -0.4 is 5.32 Å². The van der Waals surface area contributed by atoms with Crippen LogP contribution >= 0.6 is 50.1 Å². The van der Waals surface area contributed by atoms with Gasteiger partial charge in [0.2, 0.25) is 0 Å². The van der Waals surface area contributed by atoms with Crippen molar-refractivity contribution in [2.45, 2.75) is 19.4 Å². The second-order valence-electron chi connectivity index (χ2n) is 4.61. The Balaban J connectivity index is 2.26. The summed E-state index contributed by atoms with van der Waals surface area (Å²) in [4.78, 5) is 0. The second kappa shape index (κ2) is 7.78. The smallest absolute Gasteiger partial charge is 0.0406 e. The van der Waals surface area contributed by atoms with Crippen molar-refractivity contribution in [2.24, 2.45) is 0 Å². The average molecular weight is 465 g/mol. The number of benzene rings is 2. The number of halogens is 3. The lowest BCUT2D eigenvalue weighted by Crippen LogP contribution is -2.23. The normalized spacial score (nSPS) is 12.4. The molecule has 0 aromatic heterocycles. The van der Waals surface area contributed by atoms with Crippen LogP contribution in [0.1, 0.15) is 24.1 Å². The Labute approximate surface area is 147 Å². The van der Waals surface area contributed by atoms with Gasteiger partial charge in [-0.3, -0.25) is 0 Å². The summed E-state index contributed by atoms with van der Waals surface area (Å²) >= 11 is 11.9. The van der Waals surface area contributed by atoms with Gasteiger partial charge in [0, 0.05) is 19.1 Å². The molecule has 0 aliphatic rings. The Morgan fingerprint density at radius 1 is 1.20 bits per heavy atom. The van der Waals surface area contributed by atoms with E-state index < -0.39 is 0 Å². The maximum atomic E-state index is 5.95. The lowest BCUT2D eigenvalue weighted by molar-refractivity contribution is 0.547. The van der Waals surface area contributed by atoms with Gasteiger partial charge in [0.05, 0.1) is 0 Å². The fraction of sp³-hybridized carbons (Fsp3) is 0.250. The zero-order chi connectivity index (χ0) is 14.5. The van der Waals surface area contributed by atoms with Gasteiger partial charge >= 0.3 is 0 Å². The Morgan fingerprint density at radius 3 is 2.55 bits per heavy atom. The van der Waals surface area contributed by atoms with Crippen molar-refractivity contribution in [3.05, 3.63) is 66.7 Å². The molecule has 0 aliphatic carbocycles. The van der Waals surface area contributed by atoms with E-state index in [1.165, 1.54) is 14.7 Å². The van der Waals surface area contributed by atoms with E-state index in [9.17, 15) is 0 Å². The number of hydrogen-bond acceptors (Lipinski definition) is 1. The van der Waals surface area contributed by atoms with Crippen molar-refractivity contribution in [3.8, 4) is 0 Å². The molecule has 1 N–H and O–H groups in total. The Bertz CT molecular complexity index is 571. The van der Waals surface area contributed by atoms with Gasteiger partial charge in [-0.05, 0) is 77.0 Å². The summed E-state index contributed by atoms with van der Waals surface area (Å²) in [5.41, 5.74) is 2.62. The summed E-state index contributed by atoms with van der Waals surface area (Å²) in [6, 6.07) is 14.8. The summed E-state index contributed by atoms with van der Waals surface area (Å²) in [5, 5.41) is 4.35. The van der Waals surface area contributed by atoms with Crippen LogP contribution in [0.15, 0.2) is 46.9 Å². The third-order valence-electron chi connectivity index (χ3n) is 3.14. The molecular formula is C16H16BrClIN. The molecule has 4 heteroatoms. The van der Waals surface area contributed by atoms with Crippen LogP contribution in [-0.4, -0.2) is 6.54 Å². The highest BCUT2D eigenvalue weighted by molar-refractivity contribution is 14.1. The van der Waals surface area contributed by atoms with Gasteiger partial charge in [-0.25, -0.2) is 0 Å². The zero-order valence-corrected chi connectivity index (χ0v) is 15.7. The van der Waals surface area contributed by atoms with E-state index in [-0.39, 0.29) is 0 Å². The summed E-state index contributed by atoms with van der Waals surface area (Å²) < 4.78 is 2.40. The van der Waals surface area contributed by atoms with Crippen LogP contribution in [0.25, 0.3) is 0 Å². The molecule has 0 radical (unpaired) electrons. The first-order valence-corrected chi connectivity index (χ1v) is 8.78. The first-order valence-electron chi connectivity index (χ1n) is 6.53. The van der Waals surface area contributed by atoms with E-state index in [2.05, 4.69) is 81.1 Å². The Kier molecular flexibility index (Phi) is 6.33. The monoisotopic (exact) mass is 463 g/mol. The second-order valence-corrected chi connectivity index (χ2v) is 7.12. The number of nitrogens with one attached hydrogen (secondary N) is 1. The highest BCUT2D eigenvalue weighted by Crippen LogP contribution is 2.27. The minimum atomic E-state index is 0.311. The van der Waals surface area contributed by atoms with E-state index in [1.807, 2.05) is 12.1 Å². The lowest BCUT2D eigenvalue weighted by Gasteiger charge is -2.20. The molecule has 0 aliphatic heterocycles. The molecule has 20 heavy (non-hydrogen) atoms. The summed E-state index contributed by atoms with van der Waals surface area (Å²) in [6.07, 6.45) is 0.956. The third kappa shape index (κ3) is 4.45. The summed E-state index contributed by atoms with van der Waals surface area (Å²) in [5.74, 6) is 0. The quantitative estimate of drug-likeness (QED) is 0.568. The van der Waals surface area contributed by atoms with Gasteiger partial charge in [0.15, 0.2) is 0 Å². The molecule has 0 bridgehead atoms. The van der Waals surface area contributed by atoms with Gasteiger partial charge in [-0.1, -0.05) is 46.6 Å². The van der Waals surface area contributed by atoms with Crippen molar-refractivity contribution >= 4 is 50.1 Å². The van der Waals surface area contributed by atoms with Crippen molar-refractivity contribution in [1.82, 2.24) is 5.32 Å². The van der Waals surface area contributed by atoms with E-state index in [4.69, 9.17) is 11.6 Å². The maximum Gasteiger partial charge on any atom is 0.0406 e. The average Bonchev–Trinajstić information content (AvgIpc) is 2.43. The Morgan fingerprint density at radius 2 is 1.90 bits per heavy atom. The fourth-order valence-corrected chi connectivity index (χ4v) is 3.39. The minimum absolute atomic E-state index is 0.311. The molecular weight excluding hydrogens is 448 g/mol. The fourth-order valence-electron chi connectivity index (χ4n) is 2.18. The van der Waals surface area contributed by atoms with Crippen LogP contribution in [0, 0.1) is 3.57 Å². The van der Waals surface area contributed by atoms with Crippen LogP contribution in [0.5, 0.6) is 0 Å². The van der Waals surface area contributed by atoms with Crippen LogP contribution in [0.4, 0.5) is 0 Å². The highest BCUT2D eigenvalue weighted by Gasteiger charge is 2.14. The van der Waals surface area contributed by atoms with Crippen LogP contribution in [0.3, 0.4) is 0 Å². The number of likely N-dealkylation sites (N-methyl/N-ethyl adjacent to an activating group) is 1. The predicted octanol–water partition coefficient (Wildman–Crippen LogP) is 5.60. The molecule has 0 heterocycles. The molecule has 2 aromatic carbocycles. The van der Waals surface area contributed by atoms with Gasteiger partial charge in [0.25, 0.3) is 0 Å². The van der Waals surface area contributed by atoms with Crippen LogP contribution in [0.2, 0.25) is 5.02 Å². The number of rotatable bonds is 5. The molecule has 2 aromatic rings. The Hall–Kier alpha value is -0.100. The van der Waals surface area contributed by atoms with E-state index in [0.717, 1.165) is 22.5 Å². The molecule has 0 amide bonds. The van der Waals surface area contributed by atoms with Crippen molar-refractivity contribution in [2.75, 3.05) is 6.54 Å². The topological polar surface area (TPSA) is 12.0 Å². The van der Waals surface area contributed by atoms with Gasteiger partial charge in [-0.2, -0.15) is 0 Å². The van der Waals surface area contributed by atoms with E-state index in [1.54, 1.807) is 0 Å². The molecule has 0 saturated heterocycles. The lowest BCUT2D eigenvalue weighted by atomic mass is 9.99. The number of hydrogen-bond donors (Lipinski definition) is 1. The summed E-state index contributed by atoms with van der Waals surface area (Å²) in [7, 11) is 0. The van der Waals surface area contributed by atoms with Crippen molar-refractivity contribution in [1.29, 1.82) is 0 Å². The van der Waals surface area contributed by atoms with Gasteiger partial charge in [0.1, 0.15) is 0 Å². The first kappa shape index (κ1) is 16.3. The minimum Gasteiger partial charge on any atom is -0.310 e. The molecule has 0 saturated carbocycles. The third-order valence-corrected chi connectivity index (χ3v) is 4.86. The van der Waals surface area contributed by atoms with Gasteiger partial charge in [-0.15, -0.1) is 0 Å². The SMILES string of the molecule is CCNC(Cc1ccc(Cl)cc1)c1cc(Br)ccc1I. The zero-order valence-electron chi connectivity index (χ0n) is 11.2. The van der Waals surface area contributed by atoms with E-state index >= 15 is 0 Å². The van der Waals surface area contributed by atoms with Crippen LogP contribution in [-0.2, 0) is 6.42 Å².